The molecule has 0 fully saturated rings. The van der Waals surface area contributed by atoms with Crippen LogP contribution in [0.1, 0.15) is 30.6 Å². The van der Waals surface area contributed by atoms with Crippen LogP contribution in [0, 0.1) is 11.8 Å². The summed E-state index contributed by atoms with van der Waals surface area (Å²) in [7, 11) is 1.49. The average Bonchev–Trinajstić information content (AvgIpc) is 2.44. The molecule has 0 saturated carbocycles. The summed E-state index contributed by atoms with van der Waals surface area (Å²) in [4.78, 5) is 23.5. The van der Waals surface area contributed by atoms with Crippen LogP contribution in [0.5, 0.6) is 5.75 Å². The summed E-state index contributed by atoms with van der Waals surface area (Å²) in [5.41, 5.74) is 11.6. The Labute approximate surface area is 124 Å². The number of nitrogens with one attached hydrogen (secondary N) is 1. The van der Waals surface area contributed by atoms with Crippen LogP contribution >= 0.6 is 0 Å². The molecule has 1 atom stereocenters. The summed E-state index contributed by atoms with van der Waals surface area (Å²) < 4.78 is 5.18. The second-order valence-electron chi connectivity index (χ2n) is 5.33. The van der Waals surface area contributed by atoms with Crippen LogP contribution in [0.3, 0.4) is 0 Å². The lowest BCUT2D eigenvalue weighted by molar-refractivity contribution is -0.120. The number of anilines is 1. The van der Waals surface area contributed by atoms with Gasteiger partial charge in [0.05, 0.1) is 18.7 Å². The number of amides is 2. The summed E-state index contributed by atoms with van der Waals surface area (Å²) in [6, 6.07) is 4.64. The van der Waals surface area contributed by atoms with Crippen LogP contribution in [-0.2, 0) is 4.79 Å². The fourth-order valence-corrected chi connectivity index (χ4v) is 2.07. The lowest BCUT2D eigenvalue weighted by Crippen LogP contribution is -2.30. The van der Waals surface area contributed by atoms with Gasteiger partial charge in [-0.2, -0.15) is 0 Å². The molecule has 0 aliphatic rings. The molecule has 2 amide bonds. The summed E-state index contributed by atoms with van der Waals surface area (Å²) in [6.07, 6.45) is 0.695. The van der Waals surface area contributed by atoms with Crippen LogP contribution in [0.15, 0.2) is 18.2 Å². The molecule has 0 bridgehead atoms. The molecule has 0 spiro atoms. The van der Waals surface area contributed by atoms with Crippen molar-refractivity contribution in [2.75, 3.05) is 19.0 Å². The first-order valence-corrected chi connectivity index (χ1v) is 6.87. The summed E-state index contributed by atoms with van der Waals surface area (Å²) >= 11 is 0. The number of methoxy groups -OCH3 is 1. The van der Waals surface area contributed by atoms with E-state index in [1.54, 1.807) is 12.1 Å². The van der Waals surface area contributed by atoms with Crippen molar-refractivity contribution in [3.63, 3.8) is 0 Å². The Kier molecular flexibility index (Phi) is 6.17. The van der Waals surface area contributed by atoms with Crippen molar-refractivity contribution < 1.29 is 14.3 Å². The van der Waals surface area contributed by atoms with Crippen molar-refractivity contribution in [1.29, 1.82) is 0 Å². The largest absolute Gasteiger partial charge is 0.495 e. The van der Waals surface area contributed by atoms with Gasteiger partial charge < -0.3 is 21.5 Å². The second kappa shape index (κ2) is 7.64. The highest BCUT2D eigenvalue weighted by molar-refractivity contribution is 5.98. The van der Waals surface area contributed by atoms with Gasteiger partial charge in [0.15, 0.2) is 0 Å². The van der Waals surface area contributed by atoms with Gasteiger partial charge in [-0.1, -0.05) is 13.8 Å². The van der Waals surface area contributed by atoms with Crippen molar-refractivity contribution in [3.05, 3.63) is 23.8 Å². The number of hydrogen-bond acceptors (Lipinski definition) is 4. The van der Waals surface area contributed by atoms with E-state index in [1.807, 2.05) is 13.8 Å². The van der Waals surface area contributed by atoms with Gasteiger partial charge >= 0.3 is 0 Å². The Morgan fingerprint density at radius 3 is 2.48 bits per heavy atom. The molecule has 1 aromatic rings. The average molecular weight is 293 g/mol. The molecular formula is C15H23N3O3. The van der Waals surface area contributed by atoms with Gasteiger partial charge in [-0.15, -0.1) is 0 Å². The van der Waals surface area contributed by atoms with Crippen LogP contribution in [0.2, 0.25) is 0 Å². The van der Waals surface area contributed by atoms with E-state index in [1.165, 1.54) is 13.2 Å². The van der Waals surface area contributed by atoms with Crippen LogP contribution in [0.4, 0.5) is 5.69 Å². The fraction of sp³-hybridized carbons (Fsp3) is 0.467. The second-order valence-corrected chi connectivity index (χ2v) is 5.33. The molecule has 1 unspecified atom stereocenters. The first-order chi connectivity index (χ1) is 9.88. The highest BCUT2D eigenvalue weighted by atomic mass is 16.5. The van der Waals surface area contributed by atoms with Crippen molar-refractivity contribution in [2.45, 2.75) is 20.3 Å². The van der Waals surface area contributed by atoms with Crippen LogP contribution in [0.25, 0.3) is 0 Å². The number of nitrogens with two attached hydrogens (primary N) is 2. The Bertz CT molecular complexity index is 515. The summed E-state index contributed by atoms with van der Waals surface area (Å²) in [6.45, 7) is 4.33. The van der Waals surface area contributed by atoms with Gasteiger partial charge in [0, 0.05) is 12.1 Å². The maximum absolute atomic E-state index is 12.3. The predicted molar refractivity (Wildman–Crippen MR) is 82.1 cm³/mol. The van der Waals surface area contributed by atoms with E-state index in [9.17, 15) is 9.59 Å². The third-order valence-electron chi connectivity index (χ3n) is 3.15. The minimum absolute atomic E-state index is 0.189. The Morgan fingerprint density at radius 2 is 2.00 bits per heavy atom. The quantitative estimate of drug-likeness (QED) is 0.705. The summed E-state index contributed by atoms with van der Waals surface area (Å²) in [5, 5.41) is 2.76. The fourth-order valence-electron chi connectivity index (χ4n) is 2.07. The van der Waals surface area contributed by atoms with Gasteiger partial charge in [0.2, 0.25) is 11.8 Å². The standard InChI is InChI=1S/C15H23N3O3/c1-9(2)6-11(8-16)15(20)18-12-7-10(14(17)19)4-5-13(12)21-3/h4-5,7,9,11H,6,8,16H2,1-3H3,(H2,17,19)(H,18,20). The van der Waals surface area contributed by atoms with Crippen molar-refractivity contribution in [1.82, 2.24) is 0 Å². The maximum Gasteiger partial charge on any atom is 0.248 e. The van der Waals surface area contributed by atoms with E-state index in [2.05, 4.69) is 5.32 Å². The molecule has 0 aliphatic heterocycles. The number of benzene rings is 1. The van der Waals surface area contributed by atoms with Crippen LogP contribution < -0.4 is 21.5 Å². The highest BCUT2D eigenvalue weighted by Crippen LogP contribution is 2.26. The van der Waals surface area contributed by atoms with Crippen molar-refractivity contribution in [2.24, 2.45) is 23.3 Å². The molecule has 6 heteroatoms. The molecule has 0 aromatic heterocycles. The molecule has 0 heterocycles. The molecule has 0 radical (unpaired) electrons. The van der Waals surface area contributed by atoms with E-state index in [0.29, 0.717) is 29.3 Å². The zero-order chi connectivity index (χ0) is 16.0. The molecule has 1 rings (SSSR count). The minimum Gasteiger partial charge on any atom is -0.495 e. The first kappa shape index (κ1) is 17.0. The monoisotopic (exact) mass is 293 g/mol. The number of carbonyl (C=O) groups excluding carboxylic acids is 2. The number of primary amides is 1. The molecule has 5 N–H and O–H groups in total. The Morgan fingerprint density at radius 1 is 1.33 bits per heavy atom. The molecule has 116 valence electrons. The number of carbonyl (C=O) groups is 2. The third kappa shape index (κ3) is 4.75. The lowest BCUT2D eigenvalue weighted by Gasteiger charge is -2.18. The number of ether oxygens (including phenoxy) is 1. The van der Waals surface area contributed by atoms with E-state index >= 15 is 0 Å². The summed E-state index contributed by atoms with van der Waals surface area (Å²) in [5.74, 6) is -0.208. The normalized spacial score (nSPS) is 12.0. The topological polar surface area (TPSA) is 107 Å². The molecule has 0 aliphatic carbocycles. The first-order valence-electron chi connectivity index (χ1n) is 6.87. The zero-order valence-electron chi connectivity index (χ0n) is 12.7. The van der Waals surface area contributed by atoms with Gasteiger partial charge in [0.25, 0.3) is 0 Å². The van der Waals surface area contributed by atoms with Crippen molar-refractivity contribution >= 4 is 17.5 Å². The molecule has 21 heavy (non-hydrogen) atoms. The number of hydrogen-bond donors (Lipinski definition) is 3. The lowest BCUT2D eigenvalue weighted by atomic mass is 9.96. The highest BCUT2D eigenvalue weighted by Gasteiger charge is 2.20. The number of rotatable bonds is 7. The van der Waals surface area contributed by atoms with Gasteiger partial charge in [0.1, 0.15) is 5.75 Å². The Hall–Kier alpha value is -2.08. The van der Waals surface area contributed by atoms with E-state index in [0.717, 1.165) is 0 Å². The predicted octanol–water partition coefficient (Wildman–Crippen LogP) is 1.35. The van der Waals surface area contributed by atoms with E-state index in [4.69, 9.17) is 16.2 Å². The molecular weight excluding hydrogens is 270 g/mol. The minimum atomic E-state index is -0.564. The van der Waals surface area contributed by atoms with E-state index in [-0.39, 0.29) is 18.4 Å². The smallest absolute Gasteiger partial charge is 0.248 e. The van der Waals surface area contributed by atoms with Gasteiger partial charge in [-0.05, 0) is 30.5 Å². The molecule has 0 saturated heterocycles. The zero-order valence-corrected chi connectivity index (χ0v) is 12.7. The molecule has 1 aromatic carbocycles. The van der Waals surface area contributed by atoms with Crippen molar-refractivity contribution in [3.8, 4) is 5.75 Å². The maximum atomic E-state index is 12.3. The SMILES string of the molecule is COc1ccc(C(N)=O)cc1NC(=O)C(CN)CC(C)C. The van der Waals surface area contributed by atoms with Crippen LogP contribution in [-0.4, -0.2) is 25.5 Å². The van der Waals surface area contributed by atoms with E-state index < -0.39 is 5.91 Å². The molecule has 6 nitrogen and oxygen atoms in total. The third-order valence-corrected chi connectivity index (χ3v) is 3.15. The Balaban J connectivity index is 2.96. The van der Waals surface area contributed by atoms with Gasteiger partial charge in [-0.3, -0.25) is 9.59 Å². The van der Waals surface area contributed by atoms with Gasteiger partial charge in [-0.25, -0.2) is 0 Å².